The van der Waals surface area contributed by atoms with Crippen LogP contribution in [-0.4, -0.2) is 10.9 Å². The second-order valence-corrected chi connectivity index (χ2v) is 5.72. The number of anilines is 3. The summed E-state index contributed by atoms with van der Waals surface area (Å²) in [6, 6.07) is 15.3. The first kappa shape index (κ1) is 15.2. The number of halogens is 1. The van der Waals surface area contributed by atoms with Crippen LogP contribution in [0.25, 0.3) is 0 Å². The summed E-state index contributed by atoms with van der Waals surface area (Å²) in [6.07, 6.45) is 0.205. The SMILES string of the molecule is O=C(Cc1csc(Nc2ccc(F)cc2)n1)Nc1ccccc1. The molecule has 1 heterocycles. The Morgan fingerprint density at radius 2 is 1.78 bits per heavy atom. The largest absolute Gasteiger partial charge is 0.332 e. The zero-order valence-corrected chi connectivity index (χ0v) is 12.9. The molecule has 3 aromatic rings. The average molecular weight is 327 g/mol. The van der Waals surface area contributed by atoms with Crippen molar-refractivity contribution in [3.63, 3.8) is 0 Å². The Morgan fingerprint density at radius 3 is 2.52 bits per heavy atom. The fourth-order valence-electron chi connectivity index (χ4n) is 1.99. The Bertz CT molecular complexity index is 787. The normalized spacial score (nSPS) is 10.3. The molecule has 2 aromatic carbocycles. The lowest BCUT2D eigenvalue weighted by molar-refractivity contribution is -0.115. The molecule has 0 saturated heterocycles. The van der Waals surface area contributed by atoms with Crippen molar-refractivity contribution in [3.05, 3.63) is 71.5 Å². The minimum atomic E-state index is -0.284. The summed E-state index contributed by atoms with van der Waals surface area (Å²) in [5.41, 5.74) is 2.20. The highest BCUT2D eigenvalue weighted by atomic mass is 32.1. The van der Waals surface area contributed by atoms with E-state index in [1.165, 1.54) is 23.5 Å². The van der Waals surface area contributed by atoms with E-state index in [-0.39, 0.29) is 18.1 Å². The molecular weight excluding hydrogens is 313 g/mol. The van der Waals surface area contributed by atoms with Gasteiger partial charge in [0.05, 0.1) is 12.1 Å². The van der Waals surface area contributed by atoms with Crippen LogP contribution in [-0.2, 0) is 11.2 Å². The Hall–Kier alpha value is -2.73. The lowest BCUT2D eigenvalue weighted by Gasteiger charge is -2.03. The number of thiazole rings is 1. The van der Waals surface area contributed by atoms with E-state index < -0.39 is 0 Å². The number of hydrogen-bond acceptors (Lipinski definition) is 4. The predicted octanol–water partition coefficient (Wildman–Crippen LogP) is 4.21. The number of hydrogen-bond donors (Lipinski definition) is 2. The van der Waals surface area contributed by atoms with E-state index in [1.807, 2.05) is 35.7 Å². The molecule has 4 nitrogen and oxygen atoms in total. The molecule has 0 aliphatic heterocycles. The highest BCUT2D eigenvalue weighted by Crippen LogP contribution is 2.21. The molecular formula is C17H14FN3OS. The second kappa shape index (κ2) is 7.02. The first-order chi connectivity index (χ1) is 11.2. The van der Waals surface area contributed by atoms with E-state index in [4.69, 9.17) is 0 Å². The molecule has 0 atom stereocenters. The first-order valence-corrected chi connectivity index (χ1v) is 7.89. The Labute approximate surface area is 137 Å². The van der Waals surface area contributed by atoms with Gasteiger partial charge in [0, 0.05) is 16.8 Å². The summed E-state index contributed by atoms with van der Waals surface area (Å²) in [5.74, 6) is -0.400. The van der Waals surface area contributed by atoms with Gasteiger partial charge in [-0.3, -0.25) is 4.79 Å². The fourth-order valence-corrected chi connectivity index (χ4v) is 2.72. The van der Waals surface area contributed by atoms with Gasteiger partial charge in [-0.15, -0.1) is 11.3 Å². The third-order valence-corrected chi connectivity index (χ3v) is 3.85. The number of amides is 1. The minimum Gasteiger partial charge on any atom is -0.332 e. The van der Waals surface area contributed by atoms with Crippen molar-refractivity contribution in [1.29, 1.82) is 0 Å². The number of carbonyl (C=O) groups excluding carboxylic acids is 1. The van der Waals surface area contributed by atoms with Crippen LogP contribution in [0.4, 0.5) is 20.9 Å². The van der Waals surface area contributed by atoms with Crippen molar-refractivity contribution in [3.8, 4) is 0 Å². The van der Waals surface area contributed by atoms with Gasteiger partial charge < -0.3 is 10.6 Å². The highest BCUT2D eigenvalue weighted by Gasteiger charge is 2.08. The standard InChI is InChI=1S/C17H14FN3OS/c18-12-6-8-14(9-7-12)20-17-21-15(11-23-17)10-16(22)19-13-4-2-1-3-5-13/h1-9,11H,10H2,(H,19,22)(H,20,21). The van der Waals surface area contributed by atoms with E-state index in [2.05, 4.69) is 15.6 Å². The molecule has 116 valence electrons. The van der Waals surface area contributed by atoms with Gasteiger partial charge in [0.25, 0.3) is 0 Å². The third-order valence-electron chi connectivity index (χ3n) is 3.05. The van der Waals surface area contributed by atoms with Crippen LogP contribution < -0.4 is 10.6 Å². The molecule has 0 aliphatic rings. The number of aromatic nitrogens is 1. The molecule has 0 unspecified atom stereocenters. The van der Waals surface area contributed by atoms with E-state index >= 15 is 0 Å². The predicted molar refractivity (Wildman–Crippen MR) is 90.6 cm³/mol. The number of para-hydroxylation sites is 1. The Morgan fingerprint density at radius 1 is 1.04 bits per heavy atom. The van der Waals surface area contributed by atoms with Gasteiger partial charge in [-0.05, 0) is 36.4 Å². The number of carbonyl (C=O) groups is 1. The molecule has 0 bridgehead atoms. The van der Waals surface area contributed by atoms with E-state index in [1.54, 1.807) is 12.1 Å². The van der Waals surface area contributed by atoms with Crippen molar-refractivity contribution in [1.82, 2.24) is 4.98 Å². The van der Waals surface area contributed by atoms with Gasteiger partial charge in [-0.2, -0.15) is 0 Å². The van der Waals surface area contributed by atoms with Gasteiger partial charge >= 0.3 is 0 Å². The lowest BCUT2D eigenvalue weighted by atomic mass is 10.3. The van der Waals surface area contributed by atoms with Gasteiger partial charge in [0.2, 0.25) is 5.91 Å². The lowest BCUT2D eigenvalue weighted by Crippen LogP contribution is -2.14. The summed E-state index contributed by atoms with van der Waals surface area (Å²) < 4.78 is 12.9. The molecule has 0 saturated carbocycles. The van der Waals surface area contributed by atoms with Gasteiger partial charge in [0.15, 0.2) is 5.13 Å². The zero-order valence-electron chi connectivity index (χ0n) is 12.1. The summed E-state index contributed by atoms with van der Waals surface area (Å²) >= 11 is 1.40. The fraction of sp³-hybridized carbons (Fsp3) is 0.0588. The minimum absolute atomic E-state index is 0.116. The molecule has 0 radical (unpaired) electrons. The third kappa shape index (κ3) is 4.37. The smallest absolute Gasteiger partial charge is 0.230 e. The van der Waals surface area contributed by atoms with E-state index in [9.17, 15) is 9.18 Å². The number of benzene rings is 2. The average Bonchev–Trinajstić information content (AvgIpc) is 2.97. The molecule has 3 rings (SSSR count). The monoisotopic (exact) mass is 327 g/mol. The Kier molecular flexibility index (Phi) is 4.63. The highest BCUT2D eigenvalue weighted by molar-refractivity contribution is 7.13. The van der Waals surface area contributed by atoms with Crippen molar-refractivity contribution in [2.75, 3.05) is 10.6 Å². The van der Waals surface area contributed by atoms with Crippen LogP contribution in [0, 0.1) is 5.82 Å². The number of nitrogens with zero attached hydrogens (tertiary/aromatic N) is 1. The van der Waals surface area contributed by atoms with Crippen LogP contribution in [0.2, 0.25) is 0 Å². The first-order valence-electron chi connectivity index (χ1n) is 7.01. The molecule has 23 heavy (non-hydrogen) atoms. The molecule has 1 aromatic heterocycles. The summed E-state index contributed by atoms with van der Waals surface area (Å²) in [6.45, 7) is 0. The van der Waals surface area contributed by atoms with Gasteiger partial charge in [-0.25, -0.2) is 9.37 Å². The Balaban J connectivity index is 1.58. The van der Waals surface area contributed by atoms with Gasteiger partial charge in [-0.1, -0.05) is 18.2 Å². The molecule has 2 N–H and O–H groups in total. The zero-order chi connectivity index (χ0) is 16.1. The quantitative estimate of drug-likeness (QED) is 0.738. The van der Waals surface area contributed by atoms with Crippen LogP contribution >= 0.6 is 11.3 Å². The molecule has 0 fully saturated rings. The van der Waals surface area contributed by atoms with Crippen LogP contribution in [0.15, 0.2) is 60.0 Å². The number of nitrogens with one attached hydrogen (secondary N) is 2. The molecule has 6 heteroatoms. The van der Waals surface area contributed by atoms with Crippen LogP contribution in [0.1, 0.15) is 5.69 Å². The summed E-state index contributed by atoms with van der Waals surface area (Å²) in [5, 5.41) is 8.40. The maximum absolute atomic E-state index is 12.9. The summed E-state index contributed by atoms with van der Waals surface area (Å²) in [4.78, 5) is 16.3. The molecule has 0 aliphatic carbocycles. The maximum Gasteiger partial charge on any atom is 0.230 e. The van der Waals surface area contributed by atoms with Crippen molar-refractivity contribution in [2.45, 2.75) is 6.42 Å². The topological polar surface area (TPSA) is 54.0 Å². The van der Waals surface area contributed by atoms with Crippen molar-refractivity contribution in [2.24, 2.45) is 0 Å². The molecule has 0 spiro atoms. The van der Waals surface area contributed by atoms with Crippen LogP contribution in [0.5, 0.6) is 0 Å². The molecule has 1 amide bonds. The van der Waals surface area contributed by atoms with E-state index in [0.29, 0.717) is 10.8 Å². The van der Waals surface area contributed by atoms with Crippen molar-refractivity contribution < 1.29 is 9.18 Å². The van der Waals surface area contributed by atoms with Crippen LogP contribution in [0.3, 0.4) is 0 Å². The maximum atomic E-state index is 12.9. The van der Waals surface area contributed by atoms with Crippen molar-refractivity contribution >= 4 is 33.8 Å². The summed E-state index contributed by atoms with van der Waals surface area (Å²) in [7, 11) is 0. The van der Waals surface area contributed by atoms with E-state index in [0.717, 1.165) is 11.4 Å². The second-order valence-electron chi connectivity index (χ2n) is 4.87. The number of rotatable bonds is 5. The van der Waals surface area contributed by atoms with Gasteiger partial charge in [0.1, 0.15) is 5.82 Å².